The summed E-state index contributed by atoms with van der Waals surface area (Å²) in [6.07, 6.45) is 1.67. The van der Waals surface area contributed by atoms with E-state index in [4.69, 9.17) is 16.7 Å². The number of nitrogens with zero attached hydrogens (tertiary/aromatic N) is 3. The summed E-state index contributed by atoms with van der Waals surface area (Å²) in [6, 6.07) is 1.97. The molecular formula is C12H15N5OS. The van der Waals surface area contributed by atoms with Crippen molar-refractivity contribution >= 4 is 23.1 Å². The van der Waals surface area contributed by atoms with E-state index < -0.39 is 0 Å². The average molecular weight is 277 g/mol. The maximum absolute atomic E-state index is 5.35. The molecule has 0 bridgehead atoms. The predicted octanol–water partition coefficient (Wildman–Crippen LogP) is 1.92. The second kappa shape index (κ2) is 4.65. The van der Waals surface area contributed by atoms with Gasteiger partial charge in [0.25, 0.3) is 0 Å². The summed E-state index contributed by atoms with van der Waals surface area (Å²) >= 11 is 5.33. The van der Waals surface area contributed by atoms with Gasteiger partial charge in [-0.3, -0.25) is 4.90 Å². The first kappa shape index (κ1) is 12.2. The molecule has 7 heteroatoms. The van der Waals surface area contributed by atoms with E-state index in [2.05, 4.69) is 34.3 Å². The minimum absolute atomic E-state index is 0.352. The van der Waals surface area contributed by atoms with Crippen LogP contribution >= 0.6 is 12.2 Å². The molecule has 0 atom stereocenters. The molecule has 3 heterocycles. The highest BCUT2D eigenvalue weighted by molar-refractivity contribution is 7.80. The molecule has 0 aliphatic carbocycles. The SMILES string of the molecule is CC(C)c1cc(CN2C(=S)NCc3[nH]cnc32)on1. The molecule has 0 saturated heterocycles. The molecule has 100 valence electrons. The fraction of sp³-hybridized carbons (Fsp3) is 0.417. The molecule has 1 aliphatic heterocycles. The zero-order valence-electron chi connectivity index (χ0n) is 10.8. The third kappa shape index (κ3) is 2.21. The van der Waals surface area contributed by atoms with Gasteiger partial charge >= 0.3 is 0 Å². The van der Waals surface area contributed by atoms with E-state index in [9.17, 15) is 0 Å². The Morgan fingerprint density at radius 1 is 1.53 bits per heavy atom. The van der Waals surface area contributed by atoms with Crippen LogP contribution in [-0.4, -0.2) is 20.2 Å². The molecule has 6 nitrogen and oxygen atoms in total. The van der Waals surface area contributed by atoms with Gasteiger partial charge in [-0.25, -0.2) is 4.98 Å². The van der Waals surface area contributed by atoms with Crippen LogP contribution in [0.1, 0.15) is 36.9 Å². The van der Waals surface area contributed by atoms with Crippen LogP contribution in [0.25, 0.3) is 0 Å². The Bertz CT molecular complexity index is 603. The van der Waals surface area contributed by atoms with Gasteiger partial charge in [-0.05, 0) is 18.1 Å². The number of fused-ring (bicyclic) bond motifs is 1. The van der Waals surface area contributed by atoms with E-state index in [1.54, 1.807) is 6.33 Å². The van der Waals surface area contributed by atoms with Crippen LogP contribution in [0.15, 0.2) is 16.9 Å². The summed E-state index contributed by atoms with van der Waals surface area (Å²) in [5, 5.41) is 7.86. The number of aromatic amines is 1. The minimum atomic E-state index is 0.352. The molecule has 0 spiro atoms. The maximum Gasteiger partial charge on any atom is 0.175 e. The number of nitrogens with one attached hydrogen (secondary N) is 2. The summed E-state index contributed by atoms with van der Waals surface area (Å²) in [5.74, 6) is 1.99. The number of anilines is 1. The molecule has 0 aromatic carbocycles. The van der Waals surface area contributed by atoms with Crippen LogP contribution in [0, 0.1) is 0 Å². The van der Waals surface area contributed by atoms with E-state index >= 15 is 0 Å². The zero-order chi connectivity index (χ0) is 13.4. The van der Waals surface area contributed by atoms with Gasteiger partial charge in [0, 0.05) is 6.07 Å². The normalized spacial score (nSPS) is 14.7. The molecule has 3 rings (SSSR count). The van der Waals surface area contributed by atoms with Crippen molar-refractivity contribution in [2.75, 3.05) is 4.90 Å². The van der Waals surface area contributed by atoms with Crippen LogP contribution in [0.4, 0.5) is 5.82 Å². The van der Waals surface area contributed by atoms with Crippen molar-refractivity contribution < 1.29 is 4.52 Å². The largest absolute Gasteiger partial charge is 0.359 e. The van der Waals surface area contributed by atoms with E-state index in [1.807, 2.05) is 11.0 Å². The number of hydrogen-bond donors (Lipinski definition) is 2. The van der Waals surface area contributed by atoms with Gasteiger partial charge in [0.2, 0.25) is 0 Å². The van der Waals surface area contributed by atoms with Gasteiger partial charge in [-0.1, -0.05) is 19.0 Å². The Labute approximate surface area is 116 Å². The smallest absolute Gasteiger partial charge is 0.175 e. The number of H-pyrrole nitrogens is 1. The van der Waals surface area contributed by atoms with E-state index in [0.717, 1.165) is 23.0 Å². The standard InChI is InChI=1S/C12H15N5OS/c1-7(2)9-3-8(18-16-9)5-17-11-10(14-6-15-11)4-13-12(17)19/h3,6-7H,4-5H2,1-2H3,(H,13,19)(H,14,15). The Morgan fingerprint density at radius 2 is 2.37 bits per heavy atom. The highest BCUT2D eigenvalue weighted by Gasteiger charge is 2.24. The molecular weight excluding hydrogens is 262 g/mol. The predicted molar refractivity (Wildman–Crippen MR) is 74.8 cm³/mol. The first-order chi connectivity index (χ1) is 9.15. The first-order valence-corrected chi connectivity index (χ1v) is 6.59. The van der Waals surface area contributed by atoms with Crippen LogP contribution in [0.2, 0.25) is 0 Å². The highest BCUT2D eigenvalue weighted by Crippen LogP contribution is 2.23. The summed E-state index contributed by atoms with van der Waals surface area (Å²) in [4.78, 5) is 9.32. The molecule has 0 unspecified atom stereocenters. The van der Waals surface area contributed by atoms with Gasteiger partial charge in [0.05, 0.1) is 30.8 Å². The van der Waals surface area contributed by atoms with Crippen molar-refractivity contribution in [2.24, 2.45) is 0 Å². The molecule has 0 radical (unpaired) electrons. The van der Waals surface area contributed by atoms with Gasteiger partial charge in [-0.15, -0.1) is 0 Å². The monoisotopic (exact) mass is 277 g/mol. The van der Waals surface area contributed by atoms with E-state index in [-0.39, 0.29) is 0 Å². The quantitative estimate of drug-likeness (QED) is 0.835. The van der Waals surface area contributed by atoms with E-state index in [0.29, 0.717) is 24.1 Å². The van der Waals surface area contributed by atoms with Gasteiger partial charge < -0.3 is 14.8 Å². The van der Waals surface area contributed by atoms with Crippen LogP contribution in [0.3, 0.4) is 0 Å². The second-order valence-electron chi connectivity index (χ2n) is 4.82. The number of thiocarbonyl (C=S) groups is 1. The van der Waals surface area contributed by atoms with Crippen LogP contribution < -0.4 is 10.2 Å². The Kier molecular flexibility index (Phi) is 2.98. The fourth-order valence-corrected chi connectivity index (χ4v) is 2.23. The molecule has 2 aromatic heterocycles. The average Bonchev–Trinajstić information content (AvgIpc) is 3.01. The van der Waals surface area contributed by atoms with Crippen molar-refractivity contribution in [1.29, 1.82) is 0 Å². The topological polar surface area (TPSA) is 70.0 Å². The van der Waals surface area contributed by atoms with E-state index in [1.165, 1.54) is 0 Å². The zero-order valence-corrected chi connectivity index (χ0v) is 11.6. The Balaban J connectivity index is 1.84. The van der Waals surface area contributed by atoms with Crippen molar-refractivity contribution in [3.63, 3.8) is 0 Å². The lowest BCUT2D eigenvalue weighted by Crippen LogP contribution is -2.43. The second-order valence-corrected chi connectivity index (χ2v) is 5.21. The lowest BCUT2D eigenvalue weighted by Gasteiger charge is -2.27. The number of imidazole rings is 1. The van der Waals surface area contributed by atoms with Crippen LogP contribution in [-0.2, 0) is 13.1 Å². The number of hydrogen-bond acceptors (Lipinski definition) is 4. The van der Waals surface area contributed by atoms with Crippen molar-refractivity contribution in [3.05, 3.63) is 29.5 Å². The van der Waals surface area contributed by atoms with Crippen LogP contribution in [0.5, 0.6) is 0 Å². The van der Waals surface area contributed by atoms with Crippen molar-refractivity contribution in [2.45, 2.75) is 32.9 Å². The lowest BCUT2D eigenvalue weighted by molar-refractivity contribution is 0.375. The highest BCUT2D eigenvalue weighted by atomic mass is 32.1. The Hall–Kier alpha value is -1.89. The Morgan fingerprint density at radius 3 is 3.11 bits per heavy atom. The number of aromatic nitrogens is 3. The van der Waals surface area contributed by atoms with Gasteiger partial charge in [0.15, 0.2) is 16.7 Å². The fourth-order valence-electron chi connectivity index (χ4n) is 2.01. The van der Waals surface area contributed by atoms with Crippen molar-refractivity contribution in [1.82, 2.24) is 20.4 Å². The summed E-state index contributed by atoms with van der Waals surface area (Å²) in [6.45, 7) is 5.38. The molecule has 2 aromatic rings. The molecule has 0 saturated carbocycles. The summed E-state index contributed by atoms with van der Waals surface area (Å²) in [7, 11) is 0. The molecule has 19 heavy (non-hydrogen) atoms. The number of rotatable bonds is 3. The molecule has 0 fully saturated rings. The molecule has 2 N–H and O–H groups in total. The summed E-state index contributed by atoms with van der Waals surface area (Å²) < 4.78 is 5.35. The minimum Gasteiger partial charge on any atom is -0.359 e. The summed E-state index contributed by atoms with van der Waals surface area (Å²) in [5.41, 5.74) is 1.98. The molecule has 0 amide bonds. The van der Waals surface area contributed by atoms with Gasteiger partial charge in [-0.2, -0.15) is 0 Å². The van der Waals surface area contributed by atoms with Gasteiger partial charge in [0.1, 0.15) is 0 Å². The maximum atomic E-state index is 5.35. The third-order valence-corrected chi connectivity index (χ3v) is 3.46. The first-order valence-electron chi connectivity index (χ1n) is 6.18. The van der Waals surface area contributed by atoms with Crippen molar-refractivity contribution in [3.8, 4) is 0 Å². The molecule has 1 aliphatic rings. The lowest BCUT2D eigenvalue weighted by atomic mass is 10.1. The third-order valence-electron chi connectivity index (χ3n) is 3.10.